The normalized spacial score (nSPS) is 10.8. The Morgan fingerprint density at radius 3 is 2.58 bits per heavy atom. The van der Waals surface area contributed by atoms with E-state index in [1.807, 2.05) is 24.4 Å². The maximum atomic E-state index is 5.35. The molecular formula is C18H27IN4O2S. The van der Waals surface area contributed by atoms with E-state index < -0.39 is 0 Å². The van der Waals surface area contributed by atoms with Gasteiger partial charge in [0.15, 0.2) is 17.5 Å². The quantitative estimate of drug-likeness (QED) is 0.338. The number of aryl methyl sites for hydroxylation is 1. The summed E-state index contributed by atoms with van der Waals surface area (Å²) in [6, 6.07) is 5.98. The standard InChI is InChI=1S/C18H26N4O2S.HI/c1-5-19-18(22-12-17-21-11-13(2)25-17)20-9-8-14-6-7-15(23-3)16(10-14)24-4;/h6-7,10-11H,5,8-9,12H2,1-4H3,(H2,19,20,22);1H. The van der Waals surface area contributed by atoms with Crippen LogP contribution in [0.4, 0.5) is 0 Å². The van der Waals surface area contributed by atoms with Crippen molar-refractivity contribution in [2.24, 2.45) is 4.99 Å². The van der Waals surface area contributed by atoms with Crippen molar-refractivity contribution in [2.45, 2.75) is 26.8 Å². The first kappa shape index (κ1) is 22.5. The summed E-state index contributed by atoms with van der Waals surface area (Å²) in [5.74, 6) is 2.29. The molecule has 0 atom stereocenters. The SMILES string of the molecule is CCNC(=NCc1ncc(C)s1)NCCc1ccc(OC)c(OC)c1.I. The summed E-state index contributed by atoms with van der Waals surface area (Å²) >= 11 is 1.68. The van der Waals surface area contributed by atoms with E-state index in [0.717, 1.165) is 42.0 Å². The number of guanidine groups is 1. The zero-order valence-electron chi connectivity index (χ0n) is 15.7. The van der Waals surface area contributed by atoms with Gasteiger partial charge in [-0.05, 0) is 38.0 Å². The van der Waals surface area contributed by atoms with Crippen molar-refractivity contribution < 1.29 is 9.47 Å². The van der Waals surface area contributed by atoms with Crippen molar-refractivity contribution >= 4 is 41.3 Å². The average Bonchev–Trinajstić information content (AvgIpc) is 3.04. The molecule has 0 bridgehead atoms. The molecule has 6 nitrogen and oxygen atoms in total. The summed E-state index contributed by atoms with van der Waals surface area (Å²) in [7, 11) is 3.29. The van der Waals surface area contributed by atoms with Crippen molar-refractivity contribution in [3.05, 3.63) is 39.8 Å². The Balaban J connectivity index is 0.00000338. The average molecular weight is 490 g/mol. The molecule has 0 radical (unpaired) electrons. The van der Waals surface area contributed by atoms with Gasteiger partial charge in [-0.1, -0.05) is 6.07 Å². The summed E-state index contributed by atoms with van der Waals surface area (Å²) in [5, 5.41) is 7.64. The molecular weight excluding hydrogens is 463 g/mol. The van der Waals surface area contributed by atoms with E-state index in [1.165, 1.54) is 10.4 Å². The van der Waals surface area contributed by atoms with Crippen LogP contribution in [0.2, 0.25) is 0 Å². The Bertz CT molecular complexity index is 706. The number of hydrogen-bond acceptors (Lipinski definition) is 5. The molecule has 1 aromatic heterocycles. The third-order valence-corrected chi connectivity index (χ3v) is 4.44. The minimum atomic E-state index is 0. The number of rotatable bonds is 8. The first-order valence-electron chi connectivity index (χ1n) is 8.30. The number of nitrogens with zero attached hydrogens (tertiary/aromatic N) is 2. The highest BCUT2D eigenvalue weighted by Crippen LogP contribution is 2.27. The highest BCUT2D eigenvalue weighted by atomic mass is 127. The molecule has 144 valence electrons. The maximum absolute atomic E-state index is 5.35. The van der Waals surface area contributed by atoms with Crippen molar-refractivity contribution in [2.75, 3.05) is 27.3 Å². The lowest BCUT2D eigenvalue weighted by molar-refractivity contribution is 0.354. The van der Waals surface area contributed by atoms with Crippen molar-refractivity contribution in [1.29, 1.82) is 0 Å². The molecule has 2 rings (SSSR count). The number of aliphatic imine (C=N–C) groups is 1. The Morgan fingerprint density at radius 2 is 1.96 bits per heavy atom. The summed E-state index contributed by atoms with van der Waals surface area (Å²) in [6.45, 7) is 6.29. The fourth-order valence-corrected chi connectivity index (χ4v) is 3.04. The highest BCUT2D eigenvalue weighted by Gasteiger charge is 2.05. The number of aromatic nitrogens is 1. The van der Waals surface area contributed by atoms with Gasteiger partial charge in [0.25, 0.3) is 0 Å². The van der Waals surface area contributed by atoms with E-state index in [-0.39, 0.29) is 24.0 Å². The second-order valence-electron chi connectivity index (χ2n) is 5.43. The molecule has 1 aromatic carbocycles. The zero-order valence-corrected chi connectivity index (χ0v) is 18.8. The zero-order chi connectivity index (χ0) is 18.1. The summed E-state index contributed by atoms with van der Waals surface area (Å²) < 4.78 is 10.6. The highest BCUT2D eigenvalue weighted by molar-refractivity contribution is 14.0. The molecule has 0 saturated heterocycles. The predicted octanol–water partition coefficient (Wildman–Crippen LogP) is 3.38. The number of hydrogen-bond donors (Lipinski definition) is 2. The van der Waals surface area contributed by atoms with Crippen LogP contribution in [-0.4, -0.2) is 38.3 Å². The lowest BCUT2D eigenvalue weighted by Gasteiger charge is -2.12. The Morgan fingerprint density at radius 1 is 1.19 bits per heavy atom. The molecule has 0 amide bonds. The molecule has 0 spiro atoms. The van der Waals surface area contributed by atoms with E-state index >= 15 is 0 Å². The van der Waals surface area contributed by atoms with E-state index in [4.69, 9.17) is 9.47 Å². The van der Waals surface area contributed by atoms with Crippen LogP contribution < -0.4 is 20.1 Å². The van der Waals surface area contributed by atoms with Gasteiger partial charge in [-0.25, -0.2) is 9.98 Å². The number of nitrogens with one attached hydrogen (secondary N) is 2. The van der Waals surface area contributed by atoms with Crippen LogP contribution >= 0.6 is 35.3 Å². The molecule has 26 heavy (non-hydrogen) atoms. The number of methoxy groups -OCH3 is 2. The van der Waals surface area contributed by atoms with Crippen molar-refractivity contribution in [3.8, 4) is 11.5 Å². The first-order valence-corrected chi connectivity index (χ1v) is 9.12. The lowest BCUT2D eigenvalue weighted by atomic mass is 10.1. The minimum absolute atomic E-state index is 0. The molecule has 0 unspecified atom stereocenters. The molecule has 0 saturated carbocycles. The number of benzene rings is 1. The fraction of sp³-hybridized carbons (Fsp3) is 0.444. The van der Waals surface area contributed by atoms with E-state index in [2.05, 4.69) is 34.5 Å². The van der Waals surface area contributed by atoms with Crippen LogP contribution in [0.15, 0.2) is 29.4 Å². The van der Waals surface area contributed by atoms with Crippen molar-refractivity contribution in [3.63, 3.8) is 0 Å². The Kier molecular flexibility index (Phi) is 10.3. The molecule has 0 aliphatic heterocycles. The first-order chi connectivity index (χ1) is 12.2. The number of ether oxygens (including phenoxy) is 2. The Hall–Kier alpha value is -1.55. The van der Waals surface area contributed by atoms with Gasteiger partial charge < -0.3 is 20.1 Å². The van der Waals surface area contributed by atoms with Gasteiger partial charge in [-0.2, -0.15) is 0 Å². The smallest absolute Gasteiger partial charge is 0.191 e. The molecule has 2 aromatic rings. The van der Waals surface area contributed by atoms with Gasteiger partial charge in [0.2, 0.25) is 0 Å². The van der Waals surface area contributed by atoms with Crippen molar-refractivity contribution in [1.82, 2.24) is 15.6 Å². The summed E-state index contributed by atoms with van der Waals surface area (Å²) in [5.41, 5.74) is 1.18. The second-order valence-corrected chi connectivity index (χ2v) is 6.75. The third-order valence-electron chi connectivity index (χ3n) is 3.54. The molecule has 2 N–H and O–H groups in total. The summed E-state index contributed by atoms with van der Waals surface area (Å²) in [6.07, 6.45) is 2.74. The van der Waals surface area contributed by atoms with Gasteiger partial charge in [0.05, 0.1) is 20.8 Å². The minimum Gasteiger partial charge on any atom is -0.493 e. The Labute approximate surface area is 176 Å². The molecule has 0 aliphatic carbocycles. The molecule has 0 fully saturated rings. The monoisotopic (exact) mass is 490 g/mol. The van der Waals surface area contributed by atoms with Crippen LogP contribution in [0.1, 0.15) is 22.4 Å². The fourth-order valence-electron chi connectivity index (χ4n) is 2.32. The van der Waals surface area contributed by atoms with Gasteiger partial charge in [-0.3, -0.25) is 0 Å². The second kappa shape index (κ2) is 11.9. The molecule has 1 heterocycles. The van der Waals surface area contributed by atoms with Gasteiger partial charge in [-0.15, -0.1) is 35.3 Å². The predicted molar refractivity (Wildman–Crippen MR) is 118 cm³/mol. The van der Waals surface area contributed by atoms with Crippen LogP contribution in [0.5, 0.6) is 11.5 Å². The molecule has 8 heteroatoms. The largest absolute Gasteiger partial charge is 0.493 e. The topological polar surface area (TPSA) is 67.8 Å². The van der Waals surface area contributed by atoms with Gasteiger partial charge >= 0.3 is 0 Å². The number of thiazole rings is 1. The van der Waals surface area contributed by atoms with E-state index in [0.29, 0.717) is 6.54 Å². The van der Waals surface area contributed by atoms with Crippen LogP contribution in [0.25, 0.3) is 0 Å². The maximum Gasteiger partial charge on any atom is 0.191 e. The van der Waals surface area contributed by atoms with Gasteiger partial charge in [0.1, 0.15) is 5.01 Å². The molecule has 0 aliphatic rings. The van der Waals surface area contributed by atoms with Crippen LogP contribution in [0.3, 0.4) is 0 Å². The third kappa shape index (κ3) is 6.99. The van der Waals surface area contributed by atoms with Crippen LogP contribution in [-0.2, 0) is 13.0 Å². The van der Waals surface area contributed by atoms with Crippen LogP contribution in [0, 0.1) is 6.92 Å². The van der Waals surface area contributed by atoms with E-state index in [1.54, 1.807) is 25.6 Å². The van der Waals surface area contributed by atoms with Gasteiger partial charge in [0, 0.05) is 24.2 Å². The summed E-state index contributed by atoms with van der Waals surface area (Å²) in [4.78, 5) is 10.1. The lowest BCUT2D eigenvalue weighted by Crippen LogP contribution is -2.38. The number of halogens is 1. The van der Waals surface area contributed by atoms with E-state index in [9.17, 15) is 0 Å².